The molecule has 0 amide bonds. The summed E-state index contributed by atoms with van der Waals surface area (Å²) in [5.74, 6) is -2.76. The van der Waals surface area contributed by atoms with E-state index in [1.807, 2.05) is 71.2 Å². The van der Waals surface area contributed by atoms with Crippen molar-refractivity contribution in [1.82, 2.24) is 39.8 Å². The Balaban J connectivity index is 1.27. The van der Waals surface area contributed by atoms with Crippen molar-refractivity contribution in [1.29, 1.82) is 0 Å². The summed E-state index contributed by atoms with van der Waals surface area (Å²) in [7, 11) is 7.15. The van der Waals surface area contributed by atoms with Crippen LogP contribution in [0.1, 0.15) is 106 Å². The third kappa shape index (κ3) is 12.3. The highest BCUT2D eigenvalue weighted by Crippen LogP contribution is 2.40. The summed E-state index contributed by atoms with van der Waals surface area (Å²) in [5, 5.41) is 76.8. The zero-order valence-electron chi connectivity index (χ0n) is 43.3. The summed E-state index contributed by atoms with van der Waals surface area (Å²) in [6, 6.07) is 5.02. The van der Waals surface area contributed by atoms with Crippen LogP contribution in [0, 0.1) is 17.8 Å². The molecule has 3 fully saturated rings. The van der Waals surface area contributed by atoms with Crippen molar-refractivity contribution in [3.8, 4) is 0 Å². The van der Waals surface area contributed by atoms with E-state index in [0.717, 1.165) is 22.3 Å². The third-order valence-electron chi connectivity index (χ3n) is 15.4. The number of cyclic esters (lactones) is 1. The maximum atomic E-state index is 14.5. The molecule has 390 valence electrons. The Morgan fingerprint density at radius 2 is 1.65 bits per heavy atom. The minimum atomic E-state index is -1.83. The Labute approximate surface area is 407 Å². The summed E-state index contributed by atoms with van der Waals surface area (Å²) in [6.45, 7) is 19.1. The number of fused-ring (bicyclic) bond motifs is 1. The van der Waals surface area contributed by atoms with Gasteiger partial charge in [0.1, 0.15) is 35.5 Å². The molecule has 0 spiro atoms. The lowest BCUT2D eigenvalue weighted by atomic mass is 9.77. The van der Waals surface area contributed by atoms with Crippen molar-refractivity contribution in [2.45, 2.75) is 198 Å². The number of esters is 1. The molecule has 5 heterocycles. The van der Waals surface area contributed by atoms with Gasteiger partial charge in [-0.3, -0.25) is 4.79 Å². The molecule has 18 atom stereocenters. The van der Waals surface area contributed by atoms with Crippen molar-refractivity contribution in [3.05, 3.63) is 35.7 Å². The second-order valence-corrected chi connectivity index (χ2v) is 21.4. The van der Waals surface area contributed by atoms with Crippen molar-refractivity contribution < 1.29 is 58.7 Å². The minimum absolute atomic E-state index is 0.105. The number of aliphatic hydroxyl groups is 5. The van der Waals surface area contributed by atoms with Gasteiger partial charge in [-0.05, 0) is 105 Å². The summed E-state index contributed by atoms with van der Waals surface area (Å²) in [4.78, 5) is 18.5. The number of benzene rings is 1. The topological polar surface area (TPSA) is 242 Å². The van der Waals surface area contributed by atoms with Crippen LogP contribution in [0.2, 0.25) is 0 Å². The molecule has 1 aromatic carbocycles. The predicted octanol–water partition coefficient (Wildman–Crippen LogP) is 2.44. The number of aliphatic hydroxyl groups excluding tert-OH is 3. The summed E-state index contributed by atoms with van der Waals surface area (Å²) >= 11 is 0. The third-order valence-corrected chi connectivity index (χ3v) is 15.4. The van der Waals surface area contributed by atoms with Crippen LogP contribution in [0.4, 0.5) is 0 Å². The summed E-state index contributed by atoms with van der Waals surface area (Å²) < 4.78 is 41.8. The van der Waals surface area contributed by atoms with Gasteiger partial charge < -0.3 is 63.8 Å². The molecule has 0 aliphatic carbocycles. The van der Waals surface area contributed by atoms with Crippen molar-refractivity contribution >= 4 is 17.0 Å². The monoisotopic (exact) mass is 975 g/mol. The first-order valence-corrected chi connectivity index (χ1v) is 24.7. The molecule has 0 bridgehead atoms. The number of nitrogens with zero attached hydrogens (tertiary/aromatic N) is 8. The van der Waals surface area contributed by atoms with E-state index < -0.39 is 102 Å². The zero-order chi connectivity index (χ0) is 50.9. The van der Waals surface area contributed by atoms with Gasteiger partial charge in [-0.1, -0.05) is 37.3 Å². The molecule has 5 N–H and O–H groups in total. The van der Waals surface area contributed by atoms with E-state index in [-0.39, 0.29) is 31.3 Å². The molecule has 69 heavy (non-hydrogen) atoms. The molecule has 3 saturated heterocycles. The molecule has 0 saturated carbocycles. The summed E-state index contributed by atoms with van der Waals surface area (Å²) in [6.07, 6.45) is -6.50. The second-order valence-electron chi connectivity index (χ2n) is 21.4. The van der Waals surface area contributed by atoms with E-state index in [9.17, 15) is 30.3 Å². The largest absolute Gasteiger partial charge is 0.459 e. The van der Waals surface area contributed by atoms with Crippen LogP contribution in [-0.4, -0.2) is 196 Å². The Morgan fingerprint density at radius 1 is 0.942 bits per heavy atom. The number of hydrogen-bond acceptors (Lipinski definition) is 18. The normalized spacial score (nSPS) is 40.4. The number of ether oxygens (including phenoxy) is 6. The number of methoxy groups -OCH3 is 1. The molecule has 20 nitrogen and oxygen atoms in total. The van der Waals surface area contributed by atoms with Gasteiger partial charge in [0.05, 0.1) is 59.3 Å². The van der Waals surface area contributed by atoms with Gasteiger partial charge in [0, 0.05) is 64.3 Å². The second kappa shape index (κ2) is 22.3. The van der Waals surface area contributed by atoms with Crippen molar-refractivity contribution in [2.24, 2.45) is 24.8 Å². The van der Waals surface area contributed by atoms with Gasteiger partial charge in [-0.2, -0.15) is 0 Å². The first kappa shape index (κ1) is 55.1. The van der Waals surface area contributed by atoms with Crippen molar-refractivity contribution in [3.63, 3.8) is 0 Å². The summed E-state index contributed by atoms with van der Waals surface area (Å²) in [5.41, 5.74) is -0.955. The molecular formula is C49H82N8O12. The molecule has 6 rings (SSSR count). The Hall–Kier alpha value is -3.25. The van der Waals surface area contributed by atoms with E-state index >= 15 is 0 Å². The molecule has 0 radical (unpaired) electrons. The van der Waals surface area contributed by atoms with E-state index in [0.29, 0.717) is 32.5 Å². The van der Waals surface area contributed by atoms with Crippen LogP contribution in [-0.2, 0) is 53.2 Å². The van der Waals surface area contributed by atoms with E-state index in [2.05, 4.69) is 25.5 Å². The number of aromatic nitrogens is 6. The molecular weight excluding hydrogens is 893 g/mol. The minimum Gasteiger partial charge on any atom is -0.459 e. The average molecular weight is 975 g/mol. The number of rotatable bonds is 12. The fourth-order valence-electron chi connectivity index (χ4n) is 11.0. The van der Waals surface area contributed by atoms with E-state index in [1.54, 1.807) is 50.9 Å². The van der Waals surface area contributed by atoms with Crippen molar-refractivity contribution in [2.75, 3.05) is 34.3 Å². The van der Waals surface area contributed by atoms with Gasteiger partial charge >= 0.3 is 5.97 Å². The Bertz CT molecular complexity index is 2140. The highest BCUT2D eigenvalue weighted by Gasteiger charge is 2.53. The molecule has 20 heteroatoms. The SMILES string of the molecule is CC[C@H]1OC(=O)[C@H](C)[C@@H](O[C@H]2C[C@@](C)(OC)[C@@H](O)[C@H](C)O2)[C@H](C)[C@@H](O[C@@H]2O[C@H](C)C[C@H](N(C)CCc3cn(Cc4ccc5c(c4)nnn5C)nn3)[C@H]2O)[C@](C)(O)C[C@@H](C)CN(C)[C@H](C)[C@@H](O)[C@]1(C)O. The van der Waals surface area contributed by atoms with Gasteiger partial charge in [0.15, 0.2) is 12.6 Å². The highest BCUT2D eigenvalue weighted by molar-refractivity contribution is 5.75. The number of aryl methyl sites for hydroxylation is 1. The quantitative estimate of drug-likeness (QED) is 0.164. The van der Waals surface area contributed by atoms with Crippen LogP contribution >= 0.6 is 0 Å². The lowest BCUT2D eigenvalue weighted by Crippen LogP contribution is -2.61. The standard InChI is InChI=1S/C49H82N8O12/c1-15-38-49(10,63)42(59)31(6)55(12)24-27(2)22-47(8,62)44(29(4)41(30(5)45(61)67-38)68-39-23-48(9,64-14)43(60)32(7)66-39)69-46-40(58)37(20-28(3)65-46)54(11)19-18-34-26-57(53-50-34)25-33-16-17-36-35(21-33)51-52-56(36)13/h16-17,21,26-32,37-44,46,58-60,62-63H,15,18-20,22-25H2,1-14H3/t27-,28-,29+,30-,31-,32+,37+,38-,39+,40-,41+,42-,43+,44-,46+,47-,48-,49-/m1/s1. The number of carbonyl (C=O) groups excluding carboxylic acids is 1. The van der Waals surface area contributed by atoms with E-state index in [1.165, 1.54) is 14.0 Å². The fourth-order valence-corrected chi connectivity index (χ4v) is 11.0. The van der Waals surface area contributed by atoms with Crippen LogP contribution in [0.15, 0.2) is 24.4 Å². The first-order valence-electron chi connectivity index (χ1n) is 24.7. The molecule has 3 aliphatic heterocycles. The number of hydrogen-bond donors (Lipinski definition) is 5. The van der Waals surface area contributed by atoms with Crippen LogP contribution in [0.3, 0.4) is 0 Å². The maximum absolute atomic E-state index is 14.5. The molecule has 2 aromatic heterocycles. The molecule has 3 aliphatic rings. The van der Waals surface area contributed by atoms with E-state index in [4.69, 9.17) is 28.4 Å². The fraction of sp³-hybridized carbons (Fsp3) is 0.816. The lowest BCUT2D eigenvalue weighted by molar-refractivity contribution is -0.318. The zero-order valence-corrected chi connectivity index (χ0v) is 43.3. The predicted molar refractivity (Wildman–Crippen MR) is 254 cm³/mol. The maximum Gasteiger partial charge on any atom is 0.311 e. The van der Waals surface area contributed by atoms with Gasteiger partial charge in [0.2, 0.25) is 0 Å². The van der Waals surface area contributed by atoms with Gasteiger partial charge in [0.25, 0.3) is 0 Å². The highest BCUT2D eigenvalue weighted by atomic mass is 16.7. The smallest absolute Gasteiger partial charge is 0.311 e. The lowest BCUT2D eigenvalue weighted by Gasteiger charge is -2.49. The van der Waals surface area contributed by atoms with Gasteiger partial charge in [-0.15, -0.1) is 10.2 Å². The molecule has 3 aromatic rings. The van der Waals surface area contributed by atoms with Crippen LogP contribution in [0.25, 0.3) is 11.0 Å². The number of likely N-dealkylation sites (N-methyl/N-ethyl adjacent to an activating group) is 2. The average Bonchev–Trinajstić information content (AvgIpc) is 3.91. The Kier molecular flexibility index (Phi) is 17.8. The van der Waals surface area contributed by atoms with Gasteiger partial charge in [-0.25, -0.2) is 9.36 Å². The number of carbonyl (C=O) groups is 1. The van der Waals surface area contributed by atoms with Crippen LogP contribution in [0.5, 0.6) is 0 Å². The Morgan fingerprint density at radius 3 is 2.33 bits per heavy atom. The molecule has 0 unspecified atom stereocenters. The van der Waals surface area contributed by atoms with Crippen LogP contribution < -0.4 is 0 Å². The first-order chi connectivity index (χ1) is 32.3.